The molecule has 19 heavy (non-hydrogen) atoms. The molecule has 0 radical (unpaired) electrons. The number of amidine groups is 1. The van der Waals surface area contributed by atoms with Gasteiger partial charge >= 0.3 is 0 Å². The third-order valence-corrected chi connectivity index (χ3v) is 3.94. The lowest BCUT2D eigenvalue weighted by molar-refractivity contribution is 1.15. The van der Waals surface area contributed by atoms with Gasteiger partial charge in [-0.1, -0.05) is 5.57 Å². The van der Waals surface area contributed by atoms with Gasteiger partial charge in [0.25, 0.3) is 0 Å². The molecule has 1 N–H and O–H groups in total. The zero-order chi connectivity index (χ0) is 14.0. The van der Waals surface area contributed by atoms with Crippen molar-refractivity contribution < 1.29 is 0 Å². The monoisotopic (exact) mass is 274 g/mol. The lowest BCUT2D eigenvalue weighted by atomic mass is 10.1. The molecule has 0 saturated carbocycles. The summed E-state index contributed by atoms with van der Waals surface area (Å²) in [5, 5.41) is 4.12. The fraction of sp³-hybridized carbons (Fsp3) is 0.357. The van der Waals surface area contributed by atoms with E-state index in [0.717, 1.165) is 32.3 Å². The summed E-state index contributed by atoms with van der Waals surface area (Å²) in [6.07, 6.45) is 1.83. The number of aromatic nitrogens is 2. The van der Waals surface area contributed by atoms with Gasteiger partial charge in [0.2, 0.25) is 0 Å². The first kappa shape index (κ1) is 13.7. The van der Waals surface area contributed by atoms with Crippen LogP contribution in [0.15, 0.2) is 22.8 Å². The van der Waals surface area contributed by atoms with Crippen LogP contribution >= 0.6 is 11.3 Å². The summed E-state index contributed by atoms with van der Waals surface area (Å²) < 4.78 is 1.16. The van der Waals surface area contributed by atoms with E-state index in [-0.39, 0.29) is 0 Å². The highest BCUT2D eigenvalue weighted by Crippen LogP contribution is 2.30. The Bertz CT molecular complexity index is 663. The molecule has 0 bridgehead atoms. The number of thiazole rings is 1. The van der Waals surface area contributed by atoms with Crippen molar-refractivity contribution in [3.05, 3.63) is 28.5 Å². The topological polar surface area (TPSA) is 50.2 Å². The van der Waals surface area contributed by atoms with E-state index < -0.39 is 0 Å². The predicted octanol–water partition coefficient (Wildman–Crippen LogP) is 3.04. The van der Waals surface area contributed by atoms with Crippen LogP contribution in [-0.4, -0.2) is 29.9 Å². The van der Waals surface area contributed by atoms with Gasteiger partial charge in [-0.05, 0) is 26.8 Å². The Labute approximate surface area is 117 Å². The molecule has 2 aromatic rings. The minimum Gasteiger partial charge on any atom is -0.373 e. The number of fused-ring (bicyclic) bond motifs is 1. The van der Waals surface area contributed by atoms with Gasteiger partial charge < -0.3 is 5.32 Å². The molecule has 0 amide bonds. The molecule has 0 spiro atoms. The number of nitrogens with one attached hydrogen (secondary N) is 1. The number of aliphatic imine (C=N–C) groups is 1. The first-order valence-corrected chi connectivity index (χ1v) is 6.95. The Balaban J connectivity index is 2.65. The van der Waals surface area contributed by atoms with Crippen molar-refractivity contribution in [1.29, 1.82) is 0 Å². The van der Waals surface area contributed by atoms with E-state index in [1.165, 1.54) is 5.57 Å². The number of likely N-dealkylation sites (N-methyl/N-ethyl adjacent to an activating group) is 1. The minimum absolute atomic E-state index is 0.865. The van der Waals surface area contributed by atoms with E-state index in [4.69, 9.17) is 4.98 Å². The molecule has 0 aliphatic carbocycles. The summed E-state index contributed by atoms with van der Waals surface area (Å²) in [5.74, 6) is 0.865. The first-order valence-electron chi connectivity index (χ1n) is 6.13. The highest BCUT2D eigenvalue weighted by Gasteiger charge is 2.15. The minimum atomic E-state index is 0.865. The third kappa shape index (κ3) is 2.51. The lowest BCUT2D eigenvalue weighted by Crippen LogP contribution is -2.20. The molecule has 0 fully saturated rings. The molecule has 100 valence electrons. The van der Waals surface area contributed by atoms with Crippen molar-refractivity contribution in [2.45, 2.75) is 20.8 Å². The van der Waals surface area contributed by atoms with E-state index in [9.17, 15) is 0 Å². The fourth-order valence-electron chi connectivity index (χ4n) is 1.99. The summed E-state index contributed by atoms with van der Waals surface area (Å²) in [6.45, 7) is 6.14. The zero-order valence-corrected chi connectivity index (χ0v) is 12.7. The van der Waals surface area contributed by atoms with Crippen molar-refractivity contribution >= 4 is 33.0 Å². The second-order valence-electron chi connectivity index (χ2n) is 4.46. The molecule has 0 atom stereocenters. The van der Waals surface area contributed by atoms with Crippen LogP contribution < -0.4 is 5.32 Å². The van der Waals surface area contributed by atoms with Crippen molar-refractivity contribution in [1.82, 2.24) is 15.3 Å². The van der Waals surface area contributed by atoms with Gasteiger partial charge in [0, 0.05) is 20.3 Å². The van der Waals surface area contributed by atoms with Gasteiger partial charge in [-0.25, -0.2) is 4.98 Å². The van der Waals surface area contributed by atoms with Gasteiger partial charge in [-0.3, -0.25) is 9.98 Å². The van der Waals surface area contributed by atoms with Crippen LogP contribution in [0.4, 0.5) is 0 Å². The zero-order valence-electron chi connectivity index (χ0n) is 11.9. The van der Waals surface area contributed by atoms with Crippen LogP contribution in [0.1, 0.15) is 24.5 Å². The van der Waals surface area contributed by atoms with Gasteiger partial charge in [0.15, 0.2) is 0 Å². The Morgan fingerprint density at radius 1 is 1.37 bits per heavy atom. The van der Waals surface area contributed by atoms with E-state index in [0.29, 0.717) is 0 Å². The summed E-state index contributed by atoms with van der Waals surface area (Å²) in [6, 6.07) is 2.01. The fourth-order valence-corrected chi connectivity index (χ4v) is 3.16. The molecule has 0 aromatic carbocycles. The summed E-state index contributed by atoms with van der Waals surface area (Å²) >= 11 is 1.68. The van der Waals surface area contributed by atoms with Crippen molar-refractivity contribution in [3.8, 4) is 0 Å². The number of allylic oxidation sites excluding steroid dienone is 1. The van der Waals surface area contributed by atoms with Gasteiger partial charge in [-0.2, -0.15) is 0 Å². The molecule has 0 aliphatic heterocycles. The predicted molar refractivity (Wildman–Crippen MR) is 82.8 cm³/mol. The molecule has 2 aromatic heterocycles. The molecule has 2 heterocycles. The Morgan fingerprint density at radius 3 is 2.63 bits per heavy atom. The smallest absolute Gasteiger partial charge is 0.130 e. The Morgan fingerprint density at radius 2 is 2.11 bits per heavy atom. The summed E-state index contributed by atoms with van der Waals surface area (Å²) in [5.41, 5.74) is 4.21. The van der Waals surface area contributed by atoms with Crippen LogP contribution in [0.3, 0.4) is 0 Å². The summed E-state index contributed by atoms with van der Waals surface area (Å²) in [7, 11) is 3.67. The number of hydrogen-bond acceptors (Lipinski definition) is 4. The highest BCUT2D eigenvalue weighted by atomic mass is 32.1. The van der Waals surface area contributed by atoms with Crippen LogP contribution in [0.2, 0.25) is 0 Å². The molecule has 5 heteroatoms. The molecular weight excluding hydrogens is 256 g/mol. The van der Waals surface area contributed by atoms with Crippen molar-refractivity contribution in [3.63, 3.8) is 0 Å². The van der Waals surface area contributed by atoms with Crippen molar-refractivity contribution in [2.24, 2.45) is 4.99 Å². The maximum absolute atomic E-state index is 4.73. The maximum atomic E-state index is 4.73. The quantitative estimate of drug-likeness (QED) is 0.676. The van der Waals surface area contributed by atoms with Gasteiger partial charge in [0.1, 0.15) is 16.4 Å². The second-order valence-corrected chi connectivity index (χ2v) is 5.49. The van der Waals surface area contributed by atoms with Crippen LogP contribution in [0.25, 0.3) is 15.8 Å². The maximum Gasteiger partial charge on any atom is 0.130 e. The van der Waals surface area contributed by atoms with E-state index in [1.807, 2.05) is 26.2 Å². The number of rotatable bonds is 2. The molecule has 0 saturated heterocycles. The standard InChI is InChI=1S/C14H18N4S/c1-8(2)11(13(15-4)16-5)14-18-12-9(3)17-7-6-10(12)19-14/h6-7H,1-5H3,(H,15,16). The third-order valence-electron chi connectivity index (χ3n) is 2.90. The van der Waals surface area contributed by atoms with Crippen LogP contribution in [0.5, 0.6) is 0 Å². The van der Waals surface area contributed by atoms with E-state index in [1.54, 1.807) is 18.4 Å². The van der Waals surface area contributed by atoms with Crippen LogP contribution in [0, 0.1) is 6.92 Å². The van der Waals surface area contributed by atoms with E-state index in [2.05, 4.69) is 29.1 Å². The Kier molecular flexibility index (Phi) is 3.95. The SMILES string of the molecule is CN=C(NC)C(=C(C)C)c1nc2c(C)nccc2s1. The number of pyridine rings is 1. The van der Waals surface area contributed by atoms with E-state index >= 15 is 0 Å². The second kappa shape index (κ2) is 5.48. The normalized spacial score (nSPS) is 11.7. The van der Waals surface area contributed by atoms with Gasteiger partial charge in [-0.15, -0.1) is 11.3 Å². The Hall–Kier alpha value is -1.75. The average Bonchev–Trinajstić information content (AvgIpc) is 2.80. The largest absolute Gasteiger partial charge is 0.373 e. The molecule has 0 unspecified atom stereocenters. The average molecular weight is 274 g/mol. The summed E-state index contributed by atoms with van der Waals surface area (Å²) in [4.78, 5) is 13.3. The molecule has 2 rings (SSSR count). The number of aryl methyl sites for hydroxylation is 1. The number of hydrogen-bond donors (Lipinski definition) is 1. The number of nitrogens with zero attached hydrogens (tertiary/aromatic N) is 3. The lowest BCUT2D eigenvalue weighted by Gasteiger charge is -2.09. The first-order chi connectivity index (χ1) is 9.08. The van der Waals surface area contributed by atoms with Crippen LogP contribution in [-0.2, 0) is 0 Å². The highest BCUT2D eigenvalue weighted by molar-refractivity contribution is 7.19. The molecule has 0 aliphatic rings. The molecular formula is C14H18N4S. The van der Waals surface area contributed by atoms with Crippen molar-refractivity contribution in [2.75, 3.05) is 14.1 Å². The molecule has 4 nitrogen and oxygen atoms in total. The van der Waals surface area contributed by atoms with Gasteiger partial charge in [0.05, 0.1) is 16.0 Å².